The molecule has 2 N–H and O–H groups in total. The minimum atomic E-state index is -0.475. The summed E-state index contributed by atoms with van der Waals surface area (Å²) in [5.74, 6) is -0.143. The normalized spacial score (nSPS) is 17.7. The number of nitrogens with zero attached hydrogens (tertiary/aromatic N) is 2. The lowest BCUT2D eigenvalue weighted by Crippen LogP contribution is -2.44. The van der Waals surface area contributed by atoms with Gasteiger partial charge in [0.15, 0.2) is 0 Å². The molecule has 1 aliphatic rings. The lowest BCUT2D eigenvalue weighted by atomic mass is 9.96. The van der Waals surface area contributed by atoms with Gasteiger partial charge in [0.1, 0.15) is 0 Å². The number of hydrogen-bond donors (Lipinski definition) is 2. The highest BCUT2D eigenvalue weighted by Crippen LogP contribution is 2.12. The van der Waals surface area contributed by atoms with E-state index in [4.69, 9.17) is 5.11 Å². The molecular formula is C14H27N3O3. The summed E-state index contributed by atoms with van der Waals surface area (Å²) in [7, 11) is 0. The number of amides is 2. The molecule has 0 bridgehead atoms. The highest BCUT2D eigenvalue weighted by molar-refractivity contribution is 5.87. The van der Waals surface area contributed by atoms with E-state index in [1.165, 1.54) is 0 Å². The highest BCUT2D eigenvalue weighted by Gasteiger charge is 2.23. The summed E-state index contributed by atoms with van der Waals surface area (Å²) >= 11 is 0. The van der Waals surface area contributed by atoms with Crippen molar-refractivity contribution < 1.29 is 14.7 Å². The Hall–Kier alpha value is -1.14. The Balaban J connectivity index is 2.38. The van der Waals surface area contributed by atoms with Crippen molar-refractivity contribution in [2.75, 3.05) is 45.9 Å². The molecule has 0 spiro atoms. The Morgan fingerprint density at radius 1 is 1.15 bits per heavy atom. The van der Waals surface area contributed by atoms with E-state index in [0.29, 0.717) is 19.6 Å². The van der Waals surface area contributed by atoms with Gasteiger partial charge >= 0.3 is 0 Å². The lowest BCUT2D eigenvalue weighted by molar-refractivity contribution is -0.135. The molecule has 1 rings (SSSR count). The van der Waals surface area contributed by atoms with Gasteiger partial charge in [-0.3, -0.25) is 14.5 Å². The Kier molecular flexibility index (Phi) is 6.42. The van der Waals surface area contributed by atoms with Crippen LogP contribution in [0.25, 0.3) is 0 Å². The van der Waals surface area contributed by atoms with Gasteiger partial charge in [0.25, 0.3) is 0 Å². The van der Waals surface area contributed by atoms with Crippen LogP contribution in [0.15, 0.2) is 0 Å². The molecule has 0 saturated carbocycles. The number of β-amino-alcohol motifs (C(OH)–C–C–N with tert-alkyl or cyclic N) is 1. The molecule has 0 aromatic carbocycles. The summed E-state index contributed by atoms with van der Waals surface area (Å²) < 4.78 is 0. The number of aliphatic hydroxyl groups is 1. The van der Waals surface area contributed by atoms with Crippen molar-refractivity contribution in [2.45, 2.75) is 27.2 Å². The summed E-state index contributed by atoms with van der Waals surface area (Å²) in [6, 6.07) is 0. The molecular weight excluding hydrogens is 258 g/mol. The van der Waals surface area contributed by atoms with Crippen molar-refractivity contribution in [1.29, 1.82) is 0 Å². The van der Waals surface area contributed by atoms with Gasteiger partial charge in [0.05, 0.1) is 13.2 Å². The van der Waals surface area contributed by atoms with E-state index in [0.717, 1.165) is 19.5 Å². The van der Waals surface area contributed by atoms with Gasteiger partial charge in [-0.25, -0.2) is 0 Å². The molecule has 1 saturated heterocycles. The monoisotopic (exact) mass is 285 g/mol. The van der Waals surface area contributed by atoms with Crippen LogP contribution in [0.3, 0.4) is 0 Å². The largest absolute Gasteiger partial charge is 0.395 e. The molecule has 20 heavy (non-hydrogen) atoms. The van der Waals surface area contributed by atoms with Gasteiger partial charge in [0.2, 0.25) is 11.8 Å². The van der Waals surface area contributed by atoms with E-state index < -0.39 is 5.41 Å². The molecule has 0 atom stereocenters. The minimum Gasteiger partial charge on any atom is -0.395 e. The fraction of sp³-hybridized carbons (Fsp3) is 0.857. The predicted octanol–water partition coefficient (Wildman–Crippen LogP) is -0.325. The fourth-order valence-electron chi connectivity index (χ4n) is 2.12. The second-order valence-electron chi connectivity index (χ2n) is 6.23. The van der Waals surface area contributed by atoms with Crippen LogP contribution in [0.2, 0.25) is 0 Å². The van der Waals surface area contributed by atoms with Crippen LogP contribution in [-0.4, -0.2) is 72.6 Å². The predicted molar refractivity (Wildman–Crippen MR) is 77.2 cm³/mol. The summed E-state index contributed by atoms with van der Waals surface area (Å²) in [5.41, 5.74) is -0.475. The lowest BCUT2D eigenvalue weighted by Gasteiger charge is -2.23. The maximum absolute atomic E-state index is 12.1. The van der Waals surface area contributed by atoms with Crippen molar-refractivity contribution in [2.24, 2.45) is 5.41 Å². The SMILES string of the molecule is CC(C)(C)C(=O)NCC(=O)N1CCCN(CCO)CC1. The van der Waals surface area contributed by atoms with Crippen molar-refractivity contribution in [3.8, 4) is 0 Å². The van der Waals surface area contributed by atoms with Crippen molar-refractivity contribution in [3.05, 3.63) is 0 Å². The van der Waals surface area contributed by atoms with Gasteiger partial charge in [-0.1, -0.05) is 20.8 Å². The third kappa shape index (κ3) is 5.46. The fourth-order valence-corrected chi connectivity index (χ4v) is 2.12. The van der Waals surface area contributed by atoms with E-state index in [1.54, 1.807) is 4.90 Å². The second-order valence-corrected chi connectivity index (χ2v) is 6.23. The van der Waals surface area contributed by atoms with E-state index in [1.807, 2.05) is 20.8 Å². The zero-order valence-electron chi connectivity index (χ0n) is 12.8. The van der Waals surface area contributed by atoms with Gasteiger partial charge in [-0.05, 0) is 13.0 Å². The number of hydrogen-bond acceptors (Lipinski definition) is 4. The van der Waals surface area contributed by atoms with E-state index >= 15 is 0 Å². The van der Waals surface area contributed by atoms with Gasteiger partial charge in [-0.15, -0.1) is 0 Å². The number of carbonyl (C=O) groups is 2. The average molecular weight is 285 g/mol. The van der Waals surface area contributed by atoms with Crippen molar-refractivity contribution in [1.82, 2.24) is 15.1 Å². The van der Waals surface area contributed by atoms with Crippen LogP contribution in [0.4, 0.5) is 0 Å². The first-order valence-corrected chi connectivity index (χ1v) is 7.24. The molecule has 6 heteroatoms. The molecule has 2 amide bonds. The second kappa shape index (κ2) is 7.59. The summed E-state index contributed by atoms with van der Waals surface area (Å²) in [5, 5.41) is 11.6. The molecule has 1 heterocycles. The first kappa shape index (κ1) is 16.9. The van der Waals surface area contributed by atoms with E-state index in [2.05, 4.69) is 10.2 Å². The zero-order valence-corrected chi connectivity index (χ0v) is 12.8. The number of aliphatic hydroxyl groups excluding tert-OH is 1. The first-order valence-electron chi connectivity index (χ1n) is 7.24. The smallest absolute Gasteiger partial charge is 0.242 e. The number of carbonyl (C=O) groups excluding carboxylic acids is 2. The average Bonchev–Trinajstić information content (AvgIpc) is 2.60. The number of rotatable bonds is 4. The van der Waals surface area contributed by atoms with Gasteiger partial charge < -0.3 is 15.3 Å². The van der Waals surface area contributed by atoms with Gasteiger partial charge in [-0.2, -0.15) is 0 Å². The maximum atomic E-state index is 12.1. The molecule has 0 radical (unpaired) electrons. The molecule has 0 aromatic rings. The molecule has 0 aromatic heterocycles. The summed E-state index contributed by atoms with van der Waals surface area (Å²) in [6.45, 7) is 9.39. The van der Waals surface area contributed by atoms with Crippen LogP contribution in [0.1, 0.15) is 27.2 Å². The molecule has 0 aliphatic carbocycles. The van der Waals surface area contributed by atoms with E-state index in [-0.39, 0.29) is 25.0 Å². The standard InChI is InChI=1S/C14H27N3O3/c1-14(2,3)13(20)15-11-12(19)17-6-4-5-16(7-8-17)9-10-18/h18H,4-11H2,1-3H3,(H,15,20). The van der Waals surface area contributed by atoms with E-state index in [9.17, 15) is 9.59 Å². The Labute approximate surface area is 121 Å². The van der Waals surface area contributed by atoms with Crippen LogP contribution in [-0.2, 0) is 9.59 Å². The van der Waals surface area contributed by atoms with Crippen LogP contribution >= 0.6 is 0 Å². The number of nitrogens with one attached hydrogen (secondary N) is 1. The molecule has 116 valence electrons. The summed E-state index contributed by atoms with van der Waals surface area (Å²) in [4.78, 5) is 27.8. The van der Waals surface area contributed by atoms with Crippen molar-refractivity contribution >= 4 is 11.8 Å². The van der Waals surface area contributed by atoms with Crippen LogP contribution < -0.4 is 5.32 Å². The Morgan fingerprint density at radius 3 is 2.45 bits per heavy atom. The summed E-state index contributed by atoms with van der Waals surface area (Å²) in [6.07, 6.45) is 0.902. The van der Waals surface area contributed by atoms with Crippen LogP contribution in [0.5, 0.6) is 0 Å². The Bertz CT molecular complexity index is 339. The Morgan fingerprint density at radius 2 is 1.85 bits per heavy atom. The molecule has 6 nitrogen and oxygen atoms in total. The highest BCUT2D eigenvalue weighted by atomic mass is 16.3. The maximum Gasteiger partial charge on any atom is 0.242 e. The minimum absolute atomic E-state index is 0.0338. The third-order valence-corrected chi connectivity index (χ3v) is 3.44. The quantitative estimate of drug-likeness (QED) is 0.742. The molecule has 1 fully saturated rings. The first-order chi connectivity index (χ1) is 9.34. The third-order valence-electron chi connectivity index (χ3n) is 3.44. The van der Waals surface area contributed by atoms with Crippen molar-refractivity contribution in [3.63, 3.8) is 0 Å². The van der Waals surface area contributed by atoms with Gasteiger partial charge in [0, 0.05) is 31.6 Å². The molecule has 1 aliphatic heterocycles. The zero-order chi connectivity index (χ0) is 15.2. The molecule has 0 unspecified atom stereocenters. The van der Waals surface area contributed by atoms with Crippen LogP contribution in [0, 0.1) is 5.41 Å². The topological polar surface area (TPSA) is 72.9 Å².